The van der Waals surface area contributed by atoms with Gasteiger partial charge in [-0.15, -0.1) is 0 Å². The minimum Gasteiger partial charge on any atom is -0.465 e. The van der Waals surface area contributed by atoms with Gasteiger partial charge in [0, 0.05) is 29.9 Å². The molecule has 0 aromatic heterocycles. The summed E-state index contributed by atoms with van der Waals surface area (Å²) in [4.78, 5) is 11.4. The van der Waals surface area contributed by atoms with E-state index in [0.717, 1.165) is 0 Å². The molecule has 6 heteroatoms. The van der Waals surface area contributed by atoms with Gasteiger partial charge in [-0.05, 0) is 12.1 Å². The van der Waals surface area contributed by atoms with Gasteiger partial charge in [-0.2, -0.15) is 0 Å². The van der Waals surface area contributed by atoms with E-state index in [4.69, 9.17) is 10.7 Å². The van der Waals surface area contributed by atoms with Gasteiger partial charge in [0.2, 0.25) is 0 Å². The first-order valence-electron chi connectivity index (χ1n) is 5.43. The fraction of sp³-hybridized carbons (Fsp3) is 0.250. The van der Waals surface area contributed by atoms with E-state index >= 15 is 0 Å². The zero-order valence-corrected chi connectivity index (χ0v) is 10.6. The van der Waals surface area contributed by atoms with Crippen molar-refractivity contribution >= 4 is 24.0 Å². The monoisotopic (exact) mass is 243 g/mol. The maximum absolute atomic E-state index is 11.4. The number of methoxy groups -OCH3 is 1. The van der Waals surface area contributed by atoms with Crippen LogP contribution in [0.1, 0.15) is 15.9 Å². The molecule has 0 unspecified atom stereocenters. The third kappa shape index (κ3) is 2.69. The molecule has 2 N–H and O–H groups in total. The first-order chi connectivity index (χ1) is 8.54. The van der Waals surface area contributed by atoms with Gasteiger partial charge in [0.05, 0.1) is 12.7 Å². The number of rotatable bonds is 4. The number of nitriles is 1. The predicted octanol–water partition coefficient (Wildman–Crippen LogP) is 1.61. The Kier molecular flexibility index (Phi) is 4.49. The second-order valence-electron chi connectivity index (χ2n) is 3.77. The summed E-state index contributed by atoms with van der Waals surface area (Å²) < 4.78 is 4.63. The van der Waals surface area contributed by atoms with E-state index < -0.39 is 12.7 Å². The summed E-state index contributed by atoms with van der Waals surface area (Å²) >= 11 is 0. The molecule has 0 fully saturated rings. The molecule has 0 spiro atoms. The number of hydrogen-bond acceptors (Lipinski definition) is 5. The normalized spacial score (nSPS) is 9.22. The molecule has 1 aromatic rings. The number of anilines is 1. The van der Waals surface area contributed by atoms with Crippen molar-refractivity contribution in [3.8, 4) is 5.97 Å². The van der Waals surface area contributed by atoms with Crippen LogP contribution in [0.4, 0.5) is 5.69 Å². The largest absolute Gasteiger partial charge is 0.465 e. The Labute approximate surface area is 106 Å². The fourth-order valence-electron chi connectivity index (χ4n) is 1.53. The third-order valence-electron chi connectivity index (χ3n) is 2.63. The average molecular weight is 243 g/mol. The van der Waals surface area contributed by atoms with Crippen LogP contribution >= 0.6 is 0 Å². The van der Waals surface area contributed by atoms with E-state index in [1.54, 1.807) is 32.1 Å². The molecule has 0 aliphatic heterocycles. The molecule has 0 saturated heterocycles. The van der Waals surface area contributed by atoms with Gasteiger partial charge < -0.3 is 15.5 Å². The topological polar surface area (TPSA) is 86.0 Å². The van der Waals surface area contributed by atoms with Crippen molar-refractivity contribution in [3.63, 3.8) is 0 Å². The smallest absolute Gasteiger partial charge is 0.337 e. The van der Waals surface area contributed by atoms with E-state index in [9.17, 15) is 4.79 Å². The molecule has 18 heavy (non-hydrogen) atoms. The summed E-state index contributed by atoms with van der Waals surface area (Å²) in [5, 5.41) is 19.7. The first kappa shape index (κ1) is 13.8. The Morgan fingerprint density at radius 3 is 2.72 bits per heavy atom. The number of hydrogen-bond donors (Lipinski definition) is 2. The summed E-state index contributed by atoms with van der Waals surface area (Å²) in [7, 11) is 3.01. The summed E-state index contributed by atoms with van der Waals surface area (Å²) in [5.74, 6) is 1.59. The molecule has 92 valence electrons. The van der Waals surface area contributed by atoms with Gasteiger partial charge >= 0.3 is 12.7 Å². The Morgan fingerprint density at radius 2 is 2.22 bits per heavy atom. The highest BCUT2D eigenvalue weighted by molar-refractivity contribution is 6.97. The zero-order valence-electron chi connectivity index (χ0n) is 10.6. The van der Waals surface area contributed by atoms with Crippen LogP contribution in [-0.4, -0.2) is 32.5 Å². The van der Waals surface area contributed by atoms with Gasteiger partial charge in [-0.25, -0.2) is 10.1 Å². The number of nitrogens with zero attached hydrogens (tertiary/aromatic N) is 1. The average Bonchev–Trinajstić information content (AvgIpc) is 2.43. The Morgan fingerprint density at radius 1 is 1.56 bits per heavy atom. The van der Waals surface area contributed by atoms with E-state index in [1.807, 2.05) is 5.97 Å². The molecule has 0 bridgehead atoms. The number of carbonyl (C=O) groups excluding carboxylic acids is 1. The van der Waals surface area contributed by atoms with Gasteiger partial charge in [-0.1, -0.05) is 12.9 Å². The van der Waals surface area contributed by atoms with E-state index in [1.165, 1.54) is 7.11 Å². The number of carbonyl (C=O) groups is 1. The van der Waals surface area contributed by atoms with Gasteiger partial charge in [0.1, 0.15) is 0 Å². The molecule has 0 saturated carbocycles. The van der Waals surface area contributed by atoms with Crippen molar-refractivity contribution in [3.05, 3.63) is 29.3 Å². The highest BCUT2D eigenvalue weighted by atomic mass is 16.5. The number of benzene rings is 1. The van der Waals surface area contributed by atoms with Gasteiger partial charge in [0.25, 0.3) is 0 Å². The third-order valence-corrected chi connectivity index (χ3v) is 2.63. The SMILES string of the molecule is CNc1cc(C(=O)OC)ccc1C(=N)B(C)C#N. The molecule has 0 aliphatic rings. The second kappa shape index (κ2) is 5.87. The van der Waals surface area contributed by atoms with Gasteiger partial charge in [-0.3, -0.25) is 0 Å². The molecule has 0 amide bonds. The molecule has 1 aromatic carbocycles. The molecule has 5 nitrogen and oxygen atoms in total. The summed E-state index contributed by atoms with van der Waals surface area (Å²) in [6, 6.07) is 4.84. The number of ether oxygens (including phenoxy) is 1. The number of nitrogens with one attached hydrogen (secondary N) is 2. The van der Waals surface area contributed by atoms with Crippen LogP contribution in [0.5, 0.6) is 0 Å². The van der Waals surface area contributed by atoms with Crippen LogP contribution in [0.2, 0.25) is 6.82 Å². The van der Waals surface area contributed by atoms with Gasteiger partial charge in [0.15, 0.2) is 0 Å². The lowest BCUT2D eigenvalue weighted by Crippen LogP contribution is -2.21. The molecule has 0 radical (unpaired) electrons. The molecule has 0 heterocycles. The Bertz CT molecular complexity index is 523. The molecular formula is C12H14BN3O2. The quantitative estimate of drug-likeness (QED) is 0.477. The van der Waals surface area contributed by atoms with Crippen molar-refractivity contribution in [2.45, 2.75) is 6.82 Å². The summed E-state index contributed by atoms with van der Waals surface area (Å²) in [5.41, 5.74) is 1.87. The van der Waals surface area contributed by atoms with Crippen molar-refractivity contribution in [1.29, 1.82) is 10.7 Å². The van der Waals surface area contributed by atoms with Crippen molar-refractivity contribution in [2.75, 3.05) is 19.5 Å². The zero-order chi connectivity index (χ0) is 13.7. The van der Waals surface area contributed by atoms with Crippen LogP contribution in [-0.2, 0) is 4.74 Å². The first-order valence-corrected chi connectivity index (χ1v) is 5.43. The Hall–Kier alpha value is -2.29. The van der Waals surface area contributed by atoms with Crippen LogP contribution in [0.25, 0.3) is 0 Å². The van der Waals surface area contributed by atoms with Crippen LogP contribution in [0.3, 0.4) is 0 Å². The Balaban J connectivity index is 3.20. The van der Waals surface area contributed by atoms with Crippen LogP contribution < -0.4 is 5.32 Å². The van der Waals surface area contributed by atoms with Crippen LogP contribution in [0.15, 0.2) is 18.2 Å². The maximum Gasteiger partial charge on any atom is 0.337 e. The molecule has 0 aliphatic carbocycles. The highest BCUT2D eigenvalue weighted by Crippen LogP contribution is 2.19. The number of esters is 1. The minimum atomic E-state index is -0.499. The standard InChI is InChI=1S/C12H14BN3O2/c1-13(7-14)11(15)9-5-4-8(12(17)18-3)6-10(9)16-2/h4-6,15-16H,1-3H3. The molecule has 0 atom stereocenters. The van der Waals surface area contributed by atoms with Crippen LogP contribution in [0, 0.1) is 16.6 Å². The molecule has 1 rings (SSSR count). The second-order valence-corrected chi connectivity index (χ2v) is 3.77. The van der Waals surface area contributed by atoms with E-state index in [0.29, 0.717) is 16.8 Å². The summed E-state index contributed by atoms with van der Waals surface area (Å²) in [6.45, 7) is 1.16. The van der Waals surface area contributed by atoms with Crippen molar-refractivity contribution < 1.29 is 9.53 Å². The highest BCUT2D eigenvalue weighted by Gasteiger charge is 2.19. The minimum absolute atomic E-state index is 0.221. The van der Waals surface area contributed by atoms with E-state index in [2.05, 4.69) is 10.1 Å². The summed E-state index contributed by atoms with van der Waals surface area (Å²) in [6.07, 6.45) is 0. The lowest BCUT2D eigenvalue weighted by Gasteiger charge is -2.12. The predicted molar refractivity (Wildman–Crippen MR) is 71.4 cm³/mol. The van der Waals surface area contributed by atoms with Crippen molar-refractivity contribution in [2.24, 2.45) is 0 Å². The fourth-order valence-corrected chi connectivity index (χ4v) is 1.53. The maximum atomic E-state index is 11.4. The lowest BCUT2D eigenvalue weighted by atomic mass is 9.48. The van der Waals surface area contributed by atoms with Crippen molar-refractivity contribution in [1.82, 2.24) is 0 Å². The van der Waals surface area contributed by atoms with E-state index in [-0.39, 0.29) is 5.61 Å². The molecular weight excluding hydrogens is 229 g/mol. The lowest BCUT2D eigenvalue weighted by molar-refractivity contribution is 0.0601.